The molecule has 4 N–H and O–H groups in total. The number of hydrogen-bond donors (Lipinski definition) is 3. The van der Waals surface area contributed by atoms with Crippen LogP contribution in [-0.2, 0) is 0 Å². The van der Waals surface area contributed by atoms with Gasteiger partial charge in [0.1, 0.15) is 5.75 Å². The average molecular weight is 348 g/mol. The molecule has 1 aliphatic rings. The van der Waals surface area contributed by atoms with Crippen LogP contribution in [0.2, 0.25) is 0 Å². The Balaban J connectivity index is 0.00000220. The highest BCUT2D eigenvalue weighted by atomic mass is 35.5. The summed E-state index contributed by atoms with van der Waals surface area (Å²) in [6, 6.07) is 3.97. The number of aromatic hydroxyl groups is 1. The van der Waals surface area contributed by atoms with Crippen molar-refractivity contribution in [2.75, 3.05) is 31.9 Å². The summed E-state index contributed by atoms with van der Waals surface area (Å²) in [5.74, 6) is 0.248. The van der Waals surface area contributed by atoms with Crippen molar-refractivity contribution in [3.05, 3.63) is 35.9 Å². The second-order valence-electron chi connectivity index (χ2n) is 5.40. The number of aryl methyl sites for hydroxylation is 1. The molecule has 1 aliphatic heterocycles. The number of phenolic OH excluding ortho intramolecular Hbond substituents is 1. The fourth-order valence-corrected chi connectivity index (χ4v) is 2.93. The maximum atomic E-state index is 10.4. The monoisotopic (exact) mass is 347 g/mol. The van der Waals surface area contributed by atoms with Crippen LogP contribution in [0.3, 0.4) is 0 Å². The number of nitrogens with one attached hydrogen (secondary N) is 1. The normalized spacial score (nSPS) is 16.2. The molecule has 1 aromatic rings. The van der Waals surface area contributed by atoms with Crippen LogP contribution in [0.25, 0.3) is 0 Å². The van der Waals surface area contributed by atoms with E-state index < -0.39 is 0 Å². The molecule has 6 heteroatoms. The Morgan fingerprint density at radius 2 is 2.00 bits per heavy atom. The largest absolute Gasteiger partial charge is 0.505 e. The Kier molecular flexibility index (Phi) is 9.53. The third-order valence-corrected chi connectivity index (χ3v) is 4.04. The van der Waals surface area contributed by atoms with Crippen molar-refractivity contribution in [3.8, 4) is 5.75 Å². The summed E-state index contributed by atoms with van der Waals surface area (Å²) < 4.78 is 0. The van der Waals surface area contributed by atoms with Crippen LogP contribution in [0.5, 0.6) is 5.75 Å². The molecule has 0 unspecified atom stereocenters. The highest BCUT2D eigenvalue weighted by Gasteiger charge is 2.26. The van der Waals surface area contributed by atoms with Crippen LogP contribution in [0, 0.1) is 6.92 Å². The number of phenols is 1. The number of allylic oxidation sites excluding steroid dienone is 1. The molecule has 0 spiro atoms. The number of nitrogens with two attached hydrogens (primary N) is 1. The van der Waals surface area contributed by atoms with Crippen molar-refractivity contribution in [1.29, 1.82) is 0 Å². The molecule has 4 nitrogen and oxygen atoms in total. The molecule has 1 fully saturated rings. The predicted molar refractivity (Wildman–Crippen MR) is 98.4 cm³/mol. The summed E-state index contributed by atoms with van der Waals surface area (Å²) in [7, 11) is 0. The lowest BCUT2D eigenvalue weighted by Crippen LogP contribution is -2.45. The molecule has 1 saturated heterocycles. The van der Waals surface area contributed by atoms with Crippen molar-refractivity contribution >= 4 is 30.5 Å². The minimum absolute atomic E-state index is 0. The van der Waals surface area contributed by atoms with Gasteiger partial charge in [-0.3, -0.25) is 4.90 Å². The Labute approximate surface area is 145 Å². The molecular weight excluding hydrogens is 321 g/mol. The standard InChI is InChI=1S/C16H25N3O.2ClH/c1-3-4-5-14(19-10-8-18-9-11-19)15-12(2)6-7-13(17)16(15)20;;/h3,6-7,14,18,20H,1,4-5,8-11,17H2,2H3;2*1H/t14-;;/m1../s1. The first-order valence-corrected chi connectivity index (χ1v) is 7.28. The summed E-state index contributed by atoms with van der Waals surface area (Å²) in [5, 5.41) is 13.8. The van der Waals surface area contributed by atoms with Crippen LogP contribution in [0.15, 0.2) is 24.8 Å². The predicted octanol–water partition coefficient (Wildman–Crippen LogP) is 3.04. The Bertz CT molecular complexity index is 477. The first-order valence-electron chi connectivity index (χ1n) is 7.28. The number of rotatable bonds is 5. The molecule has 2 rings (SSSR count). The minimum atomic E-state index is 0. The summed E-state index contributed by atoms with van der Waals surface area (Å²) >= 11 is 0. The quantitative estimate of drug-likeness (QED) is 0.435. The van der Waals surface area contributed by atoms with E-state index in [2.05, 4.69) is 16.8 Å². The maximum absolute atomic E-state index is 10.4. The van der Waals surface area contributed by atoms with E-state index in [0.717, 1.165) is 50.1 Å². The molecule has 1 heterocycles. The highest BCUT2D eigenvalue weighted by Crippen LogP contribution is 2.38. The van der Waals surface area contributed by atoms with E-state index in [0.29, 0.717) is 5.69 Å². The number of nitrogens with zero attached hydrogens (tertiary/aromatic N) is 1. The van der Waals surface area contributed by atoms with Crippen molar-refractivity contribution < 1.29 is 5.11 Å². The van der Waals surface area contributed by atoms with Gasteiger partial charge in [0, 0.05) is 37.8 Å². The fraction of sp³-hybridized carbons (Fsp3) is 0.500. The SMILES string of the molecule is C=CCC[C@H](c1c(C)ccc(N)c1O)N1CCNCC1.Cl.Cl. The number of piperazine rings is 1. The van der Waals surface area contributed by atoms with Crippen molar-refractivity contribution in [1.82, 2.24) is 10.2 Å². The molecule has 0 saturated carbocycles. The molecule has 0 aromatic heterocycles. The third-order valence-electron chi connectivity index (χ3n) is 4.04. The van der Waals surface area contributed by atoms with Gasteiger partial charge in [-0.05, 0) is 31.4 Å². The van der Waals surface area contributed by atoms with E-state index in [-0.39, 0.29) is 36.6 Å². The summed E-state index contributed by atoms with van der Waals surface area (Å²) in [4.78, 5) is 2.43. The molecule has 0 bridgehead atoms. The minimum Gasteiger partial charge on any atom is -0.505 e. The Hall–Kier alpha value is -0.940. The van der Waals surface area contributed by atoms with E-state index in [4.69, 9.17) is 5.73 Å². The van der Waals surface area contributed by atoms with Gasteiger partial charge < -0.3 is 16.2 Å². The number of halogens is 2. The average Bonchev–Trinajstić information content (AvgIpc) is 2.47. The van der Waals surface area contributed by atoms with E-state index >= 15 is 0 Å². The smallest absolute Gasteiger partial charge is 0.143 e. The first kappa shape index (κ1) is 21.1. The third kappa shape index (κ3) is 4.78. The highest BCUT2D eigenvalue weighted by molar-refractivity contribution is 5.85. The van der Waals surface area contributed by atoms with Crippen molar-refractivity contribution in [2.24, 2.45) is 0 Å². The fourth-order valence-electron chi connectivity index (χ4n) is 2.93. The van der Waals surface area contributed by atoms with Gasteiger partial charge in [-0.2, -0.15) is 0 Å². The van der Waals surface area contributed by atoms with E-state index in [1.807, 2.05) is 19.1 Å². The van der Waals surface area contributed by atoms with Crippen molar-refractivity contribution in [3.63, 3.8) is 0 Å². The molecule has 0 radical (unpaired) electrons. The molecule has 1 aromatic carbocycles. The zero-order valence-corrected chi connectivity index (χ0v) is 14.7. The van der Waals surface area contributed by atoms with Crippen LogP contribution in [0.1, 0.15) is 30.0 Å². The number of nitrogen functional groups attached to an aromatic ring is 1. The number of hydrogen-bond acceptors (Lipinski definition) is 4. The van der Waals surface area contributed by atoms with Crippen LogP contribution >= 0.6 is 24.8 Å². The lowest BCUT2D eigenvalue weighted by atomic mass is 9.93. The maximum Gasteiger partial charge on any atom is 0.143 e. The first-order chi connectivity index (χ1) is 9.65. The van der Waals surface area contributed by atoms with Gasteiger partial charge >= 0.3 is 0 Å². The van der Waals surface area contributed by atoms with Gasteiger partial charge in [0.15, 0.2) is 0 Å². The van der Waals surface area contributed by atoms with E-state index in [1.165, 1.54) is 0 Å². The molecule has 1 atom stereocenters. The van der Waals surface area contributed by atoms with E-state index in [1.54, 1.807) is 6.07 Å². The van der Waals surface area contributed by atoms with Gasteiger partial charge in [0.2, 0.25) is 0 Å². The Morgan fingerprint density at radius 3 is 2.59 bits per heavy atom. The Morgan fingerprint density at radius 1 is 1.36 bits per heavy atom. The zero-order chi connectivity index (χ0) is 14.5. The van der Waals surface area contributed by atoms with Gasteiger partial charge in [0.05, 0.1) is 5.69 Å². The van der Waals surface area contributed by atoms with Gasteiger partial charge in [-0.15, -0.1) is 31.4 Å². The molecule has 22 heavy (non-hydrogen) atoms. The van der Waals surface area contributed by atoms with Gasteiger partial charge in [0.25, 0.3) is 0 Å². The van der Waals surface area contributed by atoms with Gasteiger partial charge in [-0.25, -0.2) is 0 Å². The van der Waals surface area contributed by atoms with Crippen LogP contribution < -0.4 is 11.1 Å². The number of benzene rings is 1. The topological polar surface area (TPSA) is 61.5 Å². The lowest BCUT2D eigenvalue weighted by molar-refractivity contribution is 0.163. The molecule has 0 amide bonds. The second kappa shape index (κ2) is 9.95. The number of anilines is 1. The molecule has 126 valence electrons. The lowest BCUT2D eigenvalue weighted by Gasteiger charge is -2.36. The summed E-state index contributed by atoms with van der Waals surface area (Å²) in [5.41, 5.74) is 8.43. The summed E-state index contributed by atoms with van der Waals surface area (Å²) in [6.45, 7) is 9.83. The zero-order valence-electron chi connectivity index (χ0n) is 13.0. The van der Waals surface area contributed by atoms with E-state index in [9.17, 15) is 5.11 Å². The van der Waals surface area contributed by atoms with Gasteiger partial charge in [-0.1, -0.05) is 12.1 Å². The van der Waals surface area contributed by atoms with Crippen molar-refractivity contribution in [2.45, 2.75) is 25.8 Å². The van der Waals surface area contributed by atoms with Crippen LogP contribution in [0.4, 0.5) is 5.69 Å². The molecular formula is C16H27Cl2N3O. The van der Waals surface area contributed by atoms with Crippen LogP contribution in [-0.4, -0.2) is 36.2 Å². The summed E-state index contributed by atoms with van der Waals surface area (Å²) in [6.07, 6.45) is 3.83. The second-order valence-corrected chi connectivity index (χ2v) is 5.40. The molecule has 0 aliphatic carbocycles.